The van der Waals surface area contributed by atoms with E-state index < -0.39 is 0 Å². The molecule has 1 aliphatic rings. The van der Waals surface area contributed by atoms with Gasteiger partial charge in [0.05, 0.1) is 22.4 Å². The van der Waals surface area contributed by atoms with Gasteiger partial charge in [-0.15, -0.1) is 0 Å². The molecule has 1 fully saturated rings. The summed E-state index contributed by atoms with van der Waals surface area (Å²) in [5, 5.41) is 7.35. The number of hydrogen-bond donors (Lipinski definition) is 1. The molecule has 1 aliphatic heterocycles. The number of likely N-dealkylation sites (tertiary alicyclic amines) is 1. The van der Waals surface area contributed by atoms with Crippen molar-refractivity contribution in [2.45, 2.75) is 18.9 Å². The first-order chi connectivity index (χ1) is 10.6. The van der Waals surface area contributed by atoms with E-state index in [4.69, 9.17) is 11.6 Å². The lowest BCUT2D eigenvalue weighted by atomic mass is 10.1. The highest BCUT2D eigenvalue weighted by Gasteiger charge is 2.24. The molecule has 0 radical (unpaired) electrons. The number of rotatable bonds is 2. The molecule has 0 unspecified atom stereocenters. The Morgan fingerprint density at radius 2 is 2.18 bits per heavy atom. The molecule has 9 heteroatoms. The summed E-state index contributed by atoms with van der Waals surface area (Å²) in [4.78, 5) is 22.0. The van der Waals surface area contributed by atoms with Crippen LogP contribution in [0.3, 0.4) is 0 Å². The molecule has 1 N–H and O–H groups in total. The summed E-state index contributed by atoms with van der Waals surface area (Å²) in [5.41, 5.74) is 0.611. The summed E-state index contributed by atoms with van der Waals surface area (Å²) in [6.45, 7) is 1.36. The number of hydrogen-bond acceptors (Lipinski definition) is 4. The molecule has 2 aromatic heterocycles. The van der Waals surface area contributed by atoms with Crippen LogP contribution < -0.4 is 5.32 Å². The molecule has 7 nitrogen and oxygen atoms in total. The highest BCUT2D eigenvalue weighted by molar-refractivity contribution is 9.10. The second-order valence-electron chi connectivity index (χ2n) is 5.02. The van der Waals surface area contributed by atoms with Gasteiger partial charge < -0.3 is 10.2 Å². The van der Waals surface area contributed by atoms with Gasteiger partial charge in [-0.3, -0.25) is 0 Å². The Kier molecular flexibility index (Phi) is 4.58. The Morgan fingerprint density at radius 3 is 2.82 bits per heavy atom. The van der Waals surface area contributed by atoms with Crippen molar-refractivity contribution in [1.82, 2.24) is 24.6 Å². The van der Waals surface area contributed by atoms with E-state index in [2.05, 4.69) is 36.3 Å². The van der Waals surface area contributed by atoms with Gasteiger partial charge >= 0.3 is 6.03 Å². The van der Waals surface area contributed by atoms with Crippen molar-refractivity contribution < 1.29 is 4.79 Å². The second kappa shape index (κ2) is 6.62. The Balaban J connectivity index is 1.56. The zero-order chi connectivity index (χ0) is 15.5. The lowest BCUT2D eigenvalue weighted by Gasteiger charge is -2.31. The van der Waals surface area contributed by atoms with Crippen LogP contribution in [0.4, 0.5) is 10.5 Å². The molecule has 0 bridgehead atoms. The van der Waals surface area contributed by atoms with Gasteiger partial charge in [-0.1, -0.05) is 11.6 Å². The van der Waals surface area contributed by atoms with Crippen LogP contribution in [0.1, 0.15) is 18.9 Å². The number of nitrogens with one attached hydrogen (secondary N) is 1. The van der Waals surface area contributed by atoms with E-state index >= 15 is 0 Å². The SMILES string of the molecule is O=C(Nc1cnc(Cl)c(Br)c1)N1CCC(n2cncn2)CC1. The number of amides is 2. The van der Waals surface area contributed by atoms with Gasteiger partial charge in [-0.05, 0) is 34.8 Å². The number of nitrogens with zero attached hydrogens (tertiary/aromatic N) is 5. The van der Waals surface area contributed by atoms with E-state index in [0.717, 1.165) is 12.8 Å². The highest BCUT2D eigenvalue weighted by Crippen LogP contribution is 2.24. The van der Waals surface area contributed by atoms with E-state index in [1.54, 1.807) is 17.3 Å². The maximum atomic E-state index is 12.3. The summed E-state index contributed by atoms with van der Waals surface area (Å²) in [7, 11) is 0. The van der Waals surface area contributed by atoms with E-state index in [1.807, 2.05) is 4.68 Å². The van der Waals surface area contributed by atoms with Crippen LogP contribution in [0.2, 0.25) is 5.15 Å². The van der Waals surface area contributed by atoms with Gasteiger partial charge in [0.15, 0.2) is 0 Å². The second-order valence-corrected chi connectivity index (χ2v) is 6.23. The van der Waals surface area contributed by atoms with Crippen molar-refractivity contribution in [2.75, 3.05) is 18.4 Å². The molecular weight excluding hydrogens is 372 g/mol. The number of halogens is 2. The molecule has 3 heterocycles. The molecule has 3 rings (SSSR count). The molecule has 0 atom stereocenters. The molecule has 0 aromatic carbocycles. The standard InChI is InChI=1S/C13H14BrClN6O/c14-11-5-9(6-17-12(11)15)19-13(22)20-3-1-10(2-4-20)21-8-16-7-18-21/h5-8,10H,1-4H2,(H,19,22). The fourth-order valence-corrected chi connectivity index (χ4v) is 2.88. The summed E-state index contributed by atoms with van der Waals surface area (Å²) in [6, 6.07) is 1.90. The van der Waals surface area contributed by atoms with Crippen molar-refractivity contribution in [3.05, 3.63) is 34.5 Å². The van der Waals surface area contributed by atoms with Crippen molar-refractivity contribution in [3.8, 4) is 0 Å². The maximum Gasteiger partial charge on any atom is 0.321 e. The quantitative estimate of drug-likeness (QED) is 0.806. The average molecular weight is 386 g/mol. The molecule has 0 aliphatic carbocycles. The summed E-state index contributed by atoms with van der Waals surface area (Å²) >= 11 is 9.12. The molecule has 2 amide bonds. The lowest BCUT2D eigenvalue weighted by Crippen LogP contribution is -2.41. The van der Waals surface area contributed by atoms with Crippen molar-refractivity contribution in [2.24, 2.45) is 0 Å². The molecule has 0 spiro atoms. The van der Waals surface area contributed by atoms with E-state index in [1.165, 1.54) is 12.5 Å². The molecular formula is C13H14BrClN6O. The minimum atomic E-state index is -0.131. The fraction of sp³-hybridized carbons (Fsp3) is 0.385. The van der Waals surface area contributed by atoms with E-state index in [0.29, 0.717) is 34.4 Å². The van der Waals surface area contributed by atoms with Crippen molar-refractivity contribution in [3.63, 3.8) is 0 Å². The van der Waals surface area contributed by atoms with Gasteiger partial charge in [-0.25, -0.2) is 19.4 Å². The summed E-state index contributed by atoms with van der Waals surface area (Å²) in [5.74, 6) is 0. The van der Waals surface area contributed by atoms with Gasteiger partial charge in [0, 0.05) is 13.1 Å². The zero-order valence-electron chi connectivity index (χ0n) is 11.6. The Labute approximate surface area is 140 Å². The van der Waals surface area contributed by atoms with Gasteiger partial charge in [0.25, 0.3) is 0 Å². The minimum Gasteiger partial charge on any atom is -0.324 e. The van der Waals surface area contributed by atoms with Crippen LogP contribution in [0, 0.1) is 0 Å². The molecule has 2 aromatic rings. The van der Waals surface area contributed by atoms with Gasteiger partial charge in [0.1, 0.15) is 17.8 Å². The first kappa shape index (κ1) is 15.2. The highest BCUT2D eigenvalue weighted by atomic mass is 79.9. The summed E-state index contributed by atoms with van der Waals surface area (Å²) < 4.78 is 2.51. The number of urea groups is 1. The van der Waals surface area contributed by atoms with E-state index in [-0.39, 0.29) is 6.03 Å². The van der Waals surface area contributed by atoms with Crippen LogP contribution in [0.15, 0.2) is 29.4 Å². The van der Waals surface area contributed by atoms with Gasteiger partial charge in [0.2, 0.25) is 0 Å². The molecule has 22 heavy (non-hydrogen) atoms. The largest absolute Gasteiger partial charge is 0.324 e. The van der Waals surface area contributed by atoms with Crippen LogP contribution in [0.25, 0.3) is 0 Å². The summed E-state index contributed by atoms with van der Waals surface area (Å²) in [6.07, 6.45) is 6.51. The fourth-order valence-electron chi connectivity index (χ4n) is 2.43. The van der Waals surface area contributed by atoms with Crippen LogP contribution in [0.5, 0.6) is 0 Å². The lowest BCUT2D eigenvalue weighted by molar-refractivity contribution is 0.180. The van der Waals surface area contributed by atoms with Gasteiger partial charge in [-0.2, -0.15) is 5.10 Å². The predicted molar refractivity (Wildman–Crippen MR) is 85.8 cm³/mol. The predicted octanol–water partition coefficient (Wildman–Crippen LogP) is 2.96. The number of anilines is 1. The Hall–Kier alpha value is -1.67. The molecule has 116 valence electrons. The normalized spacial score (nSPS) is 15.8. The van der Waals surface area contributed by atoms with Crippen LogP contribution in [-0.2, 0) is 0 Å². The Bertz CT molecular complexity index is 657. The number of carbonyl (C=O) groups is 1. The third-order valence-corrected chi connectivity index (χ3v) is 4.74. The number of carbonyl (C=O) groups excluding carboxylic acids is 1. The third-order valence-electron chi connectivity index (χ3n) is 3.61. The smallest absolute Gasteiger partial charge is 0.321 e. The zero-order valence-corrected chi connectivity index (χ0v) is 14.0. The number of aromatic nitrogens is 4. The first-order valence-corrected chi connectivity index (χ1v) is 8.01. The maximum absolute atomic E-state index is 12.3. The monoisotopic (exact) mass is 384 g/mol. The first-order valence-electron chi connectivity index (χ1n) is 6.84. The molecule has 0 saturated carbocycles. The topological polar surface area (TPSA) is 75.9 Å². The van der Waals surface area contributed by atoms with E-state index in [9.17, 15) is 4.79 Å². The third kappa shape index (κ3) is 3.38. The van der Waals surface area contributed by atoms with Crippen LogP contribution >= 0.6 is 27.5 Å². The number of pyridine rings is 1. The average Bonchev–Trinajstić information content (AvgIpc) is 3.05. The molecule has 1 saturated heterocycles. The minimum absolute atomic E-state index is 0.131. The van der Waals surface area contributed by atoms with Crippen molar-refractivity contribution in [1.29, 1.82) is 0 Å². The van der Waals surface area contributed by atoms with Crippen LogP contribution in [-0.4, -0.2) is 43.8 Å². The van der Waals surface area contributed by atoms with Crippen molar-refractivity contribution >= 4 is 39.2 Å². The number of piperidine rings is 1. The Morgan fingerprint density at radius 1 is 1.41 bits per heavy atom.